The van der Waals surface area contributed by atoms with Gasteiger partial charge in [0.25, 0.3) is 0 Å². The lowest BCUT2D eigenvalue weighted by molar-refractivity contribution is -0.383. The number of aromatic nitrogens is 2. The predicted octanol–water partition coefficient (Wildman–Crippen LogP) is 2.61. The van der Waals surface area contributed by atoms with Gasteiger partial charge in [-0.25, -0.2) is 0 Å². The van der Waals surface area contributed by atoms with Crippen LogP contribution in [0, 0.1) is 17.0 Å². The van der Waals surface area contributed by atoms with Crippen molar-refractivity contribution in [2.45, 2.75) is 25.9 Å². The number of rotatable bonds is 6. The first-order valence-corrected chi connectivity index (χ1v) is 8.04. The SMILES string of the molecule is Cc1ccc(Nc2nc(N)c([N+](=O)[O-])c(NCC3CCCO3)n2)cc1. The summed E-state index contributed by atoms with van der Waals surface area (Å²) in [5.74, 6) is 0.0915. The highest BCUT2D eigenvalue weighted by molar-refractivity contribution is 5.71. The van der Waals surface area contributed by atoms with Crippen LogP contribution < -0.4 is 16.4 Å². The third-order valence-corrected chi connectivity index (χ3v) is 3.92. The average molecular weight is 344 g/mol. The van der Waals surface area contributed by atoms with E-state index in [0.29, 0.717) is 13.2 Å². The predicted molar refractivity (Wildman–Crippen MR) is 95.0 cm³/mol. The van der Waals surface area contributed by atoms with Gasteiger partial charge in [0.1, 0.15) is 0 Å². The van der Waals surface area contributed by atoms with Gasteiger partial charge < -0.3 is 21.1 Å². The van der Waals surface area contributed by atoms with Gasteiger partial charge in [0.2, 0.25) is 17.6 Å². The van der Waals surface area contributed by atoms with Crippen molar-refractivity contribution >= 4 is 29.0 Å². The molecule has 1 aliphatic rings. The molecular weight excluding hydrogens is 324 g/mol. The van der Waals surface area contributed by atoms with Crippen molar-refractivity contribution in [1.29, 1.82) is 0 Å². The molecule has 0 amide bonds. The van der Waals surface area contributed by atoms with E-state index in [1.54, 1.807) is 0 Å². The molecule has 132 valence electrons. The van der Waals surface area contributed by atoms with Gasteiger partial charge in [-0.1, -0.05) is 17.7 Å². The van der Waals surface area contributed by atoms with Gasteiger partial charge >= 0.3 is 5.69 Å². The van der Waals surface area contributed by atoms with Gasteiger partial charge in [0, 0.05) is 18.8 Å². The number of ether oxygens (including phenoxy) is 1. The van der Waals surface area contributed by atoms with E-state index in [0.717, 1.165) is 24.1 Å². The number of benzene rings is 1. The normalized spacial score (nSPS) is 16.6. The Kier molecular flexibility index (Phi) is 4.94. The summed E-state index contributed by atoms with van der Waals surface area (Å²) in [6.45, 7) is 3.12. The molecule has 1 aromatic heterocycles. The second-order valence-corrected chi connectivity index (χ2v) is 5.89. The quantitative estimate of drug-likeness (QED) is 0.539. The fourth-order valence-electron chi connectivity index (χ4n) is 2.61. The Morgan fingerprint density at radius 3 is 2.76 bits per heavy atom. The Balaban J connectivity index is 1.83. The molecule has 1 unspecified atom stereocenters. The summed E-state index contributed by atoms with van der Waals surface area (Å²) in [6, 6.07) is 7.62. The van der Waals surface area contributed by atoms with Crippen LogP contribution >= 0.6 is 0 Å². The van der Waals surface area contributed by atoms with Gasteiger partial charge in [0.15, 0.2) is 0 Å². The van der Waals surface area contributed by atoms with E-state index in [1.807, 2.05) is 31.2 Å². The van der Waals surface area contributed by atoms with Gasteiger partial charge in [-0.05, 0) is 31.9 Å². The van der Waals surface area contributed by atoms with Crippen molar-refractivity contribution in [2.75, 3.05) is 29.5 Å². The lowest BCUT2D eigenvalue weighted by Crippen LogP contribution is -2.20. The minimum atomic E-state index is -0.581. The Hall–Kier alpha value is -2.94. The minimum Gasteiger partial charge on any atom is -0.378 e. The molecule has 1 saturated heterocycles. The van der Waals surface area contributed by atoms with Gasteiger partial charge in [-0.15, -0.1) is 0 Å². The Morgan fingerprint density at radius 1 is 1.36 bits per heavy atom. The highest BCUT2D eigenvalue weighted by Gasteiger charge is 2.24. The average Bonchev–Trinajstić information content (AvgIpc) is 3.08. The molecule has 2 heterocycles. The summed E-state index contributed by atoms with van der Waals surface area (Å²) in [6.07, 6.45) is 1.92. The molecule has 9 nitrogen and oxygen atoms in total. The number of nitrogens with one attached hydrogen (secondary N) is 2. The highest BCUT2D eigenvalue weighted by Crippen LogP contribution is 2.30. The topological polar surface area (TPSA) is 128 Å². The van der Waals surface area contributed by atoms with Crippen LogP contribution in [-0.2, 0) is 4.74 Å². The number of nitro groups is 1. The molecule has 1 fully saturated rings. The summed E-state index contributed by atoms with van der Waals surface area (Å²) in [5.41, 5.74) is 7.34. The molecule has 2 aromatic rings. The number of nitrogens with two attached hydrogens (primary N) is 1. The summed E-state index contributed by atoms with van der Waals surface area (Å²) in [7, 11) is 0. The third kappa shape index (κ3) is 4.13. The van der Waals surface area contributed by atoms with E-state index in [1.165, 1.54) is 0 Å². The van der Waals surface area contributed by atoms with Crippen molar-refractivity contribution in [3.05, 3.63) is 39.9 Å². The van der Waals surface area contributed by atoms with E-state index >= 15 is 0 Å². The summed E-state index contributed by atoms with van der Waals surface area (Å²) >= 11 is 0. The number of nitrogens with zero attached hydrogens (tertiary/aromatic N) is 3. The van der Waals surface area contributed by atoms with Crippen molar-refractivity contribution in [3.8, 4) is 0 Å². The maximum absolute atomic E-state index is 11.3. The van der Waals surface area contributed by atoms with Gasteiger partial charge in [-0.3, -0.25) is 10.1 Å². The summed E-state index contributed by atoms with van der Waals surface area (Å²) in [5, 5.41) is 17.3. The molecule has 9 heteroatoms. The summed E-state index contributed by atoms with van der Waals surface area (Å²) < 4.78 is 5.52. The van der Waals surface area contributed by atoms with Crippen LogP contribution in [-0.4, -0.2) is 34.1 Å². The molecular formula is C16H20N6O3. The molecule has 0 bridgehead atoms. The maximum Gasteiger partial charge on any atom is 0.353 e. The zero-order chi connectivity index (χ0) is 17.8. The molecule has 3 rings (SSSR count). The van der Waals surface area contributed by atoms with E-state index in [2.05, 4.69) is 20.6 Å². The first kappa shape index (κ1) is 16.9. The van der Waals surface area contributed by atoms with Gasteiger partial charge in [-0.2, -0.15) is 9.97 Å². The Bertz CT molecular complexity index is 759. The number of hydrogen-bond donors (Lipinski definition) is 3. The van der Waals surface area contributed by atoms with Crippen LogP contribution in [0.4, 0.5) is 29.0 Å². The molecule has 1 atom stereocenters. The van der Waals surface area contributed by atoms with Crippen molar-refractivity contribution in [3.63, 3.8) is 0 Å². The third-order valence-electron chi connectivity index (χ3n) is 3.92. The van der Waals surface area contributed by atoms with Crippen molar-refractivity contribution < 1.29 is 9.66 Å². The largest absolute Gasteiger partial charge is 0.378 e. The van der Waals surface area contributed by atoms with E-state index in [9.17, 15) is 10.1 Å². The molecule has 4 N–H and O–H groups in total. The van der Waals surface area contributed by atoms with E-state index in [4.69, 9.17) is 10.5 Å². The van der Waals surface area contributed by atoms with Gasteiger partial charge in [0.05, 0.1) is 11.0 Å². The van der Waals surface area contributed by atoms with Crippen LogP contribution in [0.5, 0.6) is 0 Å². The Labute approximate surface area is 144 Å². The van der Waals surface area contributed by atoms with Crippen LogP contribution in [0.3, 0.4) is 0 Å². The van der Waals surface area contributed by atoms with E-state index in [-0.39, 0.29) is 29.4 Å². The fraction of sp³-hybridized carbons (Fsp3) is 0.375. The molecule has 0 saturated carbocycles. The fourth-order valence-corrected chi connectivity index (χ4v) is 2.61. The number of aryl methyl sites for hydroxylation is 1. The molecule has 1 aromatic carbocycles. The maximum atomic E-state index is 11.3. The second-order valence-electron chi connectivity index (χ2n) is 5.89. The lowest BCUT2D eigenvalue weighted by atomic mass is 10.2. The molecule has 0 aliphatic carbocycles. The van der Waals surface area contributed by atoms with Crippen LogP contribution in [0.2, 0.25) is 0 Å². The second kappa shape index (κ2) is 7.31. The molecule has 0 radical (unpaired) electrons. The number of hydrogen-bond acceptors (Lipinski definition) is 8. The van der Waals surface area contributed by atoms with Crippen LogP contribution in [0.25, 0.3) is 0 Å². The molecule has 0 spiro atoms. The molecule has 25 heavy (non-hydrogen) atoms. The zero-order valence-corrected chi connectivity index (χ0v) is 13.9. The monoisotopic (exact) mass is 344 g/mol. The standard InChI is InChI=1S/C16H20N6O3/c1-10-4-6-11(7-5-10)19-16-20-14(17)13(22(23)24)15(21-16)18-9-12-3-2-8-25-12/h4-7,12H,2-3,8-9H2,1H3,(H4,17,18,19,20,21). The van der Waals surface area contributed by atoms with Crippen LogP contribution in [0.15, 0.2) is 24.3 Å². The number of nitrogen functional groups attached to an aromatic ring is 1. The smallest absolute Gasteiger partial charge is 0.353 e. The first-order chi connectivity index (χ1) is 12.0. The highest BCUT2D eigenvalue weighted by atomic mass is 16.6. The van der Waals surface area contributed by atoms with E-state index < -0.39 is 4.92 Å². The van der Waals surface area contributed by atoms with Crippen LogP contribution in [0.1, 0.15) is 18.4 Å². The van der Waals surface area contributed by atoms with Crippen molar-refractivity contribution in [1.82, 2.24) is 9.97 Å². The van der Waals surface area contributed by atoms with Crippen molar-refractivity contribution in [2.24, 2.45) is 0 Å². The summed E-state index contributed by atoms with van der Waals surface area (Å²) in [4.78, 5) is 18.9. The number of anilines is 4. The molecule has 1 aliphatic heterocycles. The lowest BCUT2D eigenvalue weighted by Gasteiger charge is -2.13. The Morgan fingerprint density at radius 2 is 2.12 bits per heavy atom. The minimum absolute atomic E-state index is 0.0179. The zero-order valence-electron chi connectivity index (χ0n) is 13.9. The first-order valence-electron chi connectivity index (χ1n) is 8.04.